The van der Waals surface area contributed by atoms with Crippen molar-refractivity contribution in [2.24, 2.45) is 5.92 Å². The zero-order chi connectivity index (χ0) is 18.2. The predicted octanol–water partition coefficient (Wildman–Crippen LogP) is 4.78. The lowest BCUT2D eigenvalue weighted by Gasteiger charge is -2.15. The summed E-state index contributed by atoms with van der Waals surface area (Å²) >= 11 is 0. The molecule has 1 unspecified atom stereocenters. The lowest BCUT2D eigenvalue weighted by molar-refractivity contribution is 0.662. The van der Waals surface area contributed by atoms with Gasteiger partial charge in [0, 0.05) is 35.5 Å². The lowest BCUT2D eigenvalue weighted by atomic mass is 9.96. The second kappa shape index (κ2) is 8.89. The molecule has 0 radical (unpaired) electrons. The molecule has 0 aromatic heterocycles. The molecule has 0 fully saturated rings. The normalized spacial score (nSPS) is 11.2. The quantitative estimate of drug-likeness (QED) is 0.580. The van der Waals surface area contributed by atoms with Crippen LogP contribution in [-0.2, 0) is 6.42 Å². The molecule has 2 N–H and O–H groups in total. The van der Waals surface area contributed by atoms with E-state index < -0.39 is 0 Å². The zero-order valence-corrected chi connectivity index (χ0v) is 15.3. The van der Waals surface area contributed by atoms with Crippen molar-refractivity contribution in [2.45, 2.75) is 26.7 Å². The highest BCUT2D eigenvalue weighted by molar-refractivity contribution is 5.98. The van der Waals surface area contributed by atoms with Crippen LogP contribution in [0.15, 0.2) is 60.8 Å². The molecule has 2 nitrogen and oxygen atoms in total. The van der Waals surface area contributed by atoms with E-state index in [0.29, 0.717) is 12.1 Å². The Balaban J connectivity index is 2.03. The molecule has 0 bridgehead atoms. The van der Waals surface area contributed by atoms with Gasteiger partial charge in [0.25, 0.3) is 0 Å². The summed E-state index contributed by atoms with van der Waals surface area (Å²) in [7, 11) is 1.87. The molecule has 0 amide bonds. The summed E-state index contributed by atoms with van der Waals surface area (Å²) in [4.78, 5) is 0. The Morgan fingerprint density at radius 1 is 1.04 bits per heavy atom. The highest BCUT2D eigenvalue weighted by Crippen LogP contribution is 2.15. The van der Waals surface area contributed by atoms with Gasteiger partial charge in [-0.25, -0.2) is 0 Å². The maximum absolute atomic E-state index is 8.27. The first-order valence-corrected chi connectivity index (χ1v) is 8.68. The second-order valence-electron chi connectivity index (χ2n) is 6.24. The second-order valence-corrected chi connectivity index (χ2v) is 6.24. The third-order valence-electron chi connectivity index (χ3n) is 4.37. The van der Waals surface area contributed by atoms with E-state index in [0.717, 1.165) is 28.8 Å². The predicted molar refractivity (Wildman–Crippen MR) is 107 cm³/mol. The average molecular weight is 330 g/mol. The number of hydrogen-bond donors (Lipinski definition) is 2. The molecular weight excluding hydrogens is 304 g/mol. The van der Waals surface area contributed by atoms with Gasteiger partial charge < -0.3 is 10.7 Å². The molecule has 0 aliphatic carbocycles. The van der Waals surface area contributed by atoms with E-state index in [1.165, 1.54) is 5.56 Å². The van der Waals surface area contributed by atoms with Crippen LogP contribution in [0, 0.1) is 23.2 Å². The van der Waals surface area contributed by atoms with Crippen LogP contribution in [0.3, 0.4) is 0 Å². The van der Waals surface area contributed by atoms with Crippen molar-refractivity contribution < 1.29 is 0 Å². The molecule has 2 aromatic rings. The number of rotatable bonds is 6. The molecule has 2 aromatic carbocycles. The van der Waals surface area contributed by atoms with E-state index in [4.69, 9.17) is 5.41 Å². The summed E-state index contributed by atoms with van der Waals surface area (Å²) in [5.74, 6) is 6.62. The van der Waals surface area contributed by atoms with Crippen LogP contribution >= 0.6 is 0 Å². The minimum Gasteiger partial charge on any atom is -0.392 e. The average Bonchev–Trinajstić information content (AvgIpc) is 2.66. The van der Waals surface area contributed by atoms with Gasteiger partial charge in [0.1, 0.15) is 0 Å². The molecule has 0 aliphatic rings. The van der Waals surface area contributed by atoms with Gasteiger partial charge in [-0.05, 0) is 48.2 Å². The van der Waals surface area contributed by atoms with E-state index in [9.17, 15) is 0 Å². The van der Waals surface area contributed by atoms with Crippen LogP contribution in [0.4, 0.5) is 0 Å². The van der Waals surface area contributed by atoms with E-state index >= 15 is 0 Å². The van der Waals surface area contributed by atoms with Gasteiger partial charge >= 0.3 is 0 Å². The minimum atomic E-state index is 0.239. The van der Waals surface area contributed by atoms with E-state index in [2.05, 4.69) is 61.8 Å². The largest absolute Gasteiger partial charge is 0.392 e. The fraction of sp³-hybridized carbons (Fsp3) is 0.261. The summed E-state index contributed by atoms with van der Waals surface area (Å²) in [5, 5.41) is 11.3. The topological polar surface area (TPSA) is 35.9 Å². The molecule has 25 heavy (non-hydrogen) atoms. The van der Waals surface area contributed by atoms with Gasteiger partial charge in [0.2, 0.25) is 0 Å². The Labute approximate surface area is 151 Å². The molecule has 0 spiro atoms. The maximum Gasteiger partial charge on any atom is 0.0392 e. The van der Waals surface area contributed by atoms with Gasteiger partial charge in [0.05, 0.1) is 0 Å². The first-order valence-electron chi connectivity index (χ1n) is 8.68. The monoisotopic (exact) mass is 330 g/mol. The van der Waals surface area contributed by atoms with E-state index in [1.807, 2.05) is 31.3 Å². The van der Waals surface area contributed by atoms with Crippen molar-refractivity contribution in [3.63, 3.8) is 0 Å². The first-order chi connectivity index (χ1) is 12.0. The maximum atomic E-state index is 8.27. The Hall–Kier alpha value is -2.79. The fourth-order valence-corrected chi connectivity index (χ4v) is 2.52. The summed E-state index contributed by atoms with van der Waals surface area (Å²) in [6, 6.07) is 16.3. The fourth-order valence-electron chi connectivity index (χ4n) is 2.52. The Bertz CT molecular complexity index is 787. The summed E-state index contributed by atoms with van der Waals surface area (Å²) in [6.07, 6.45) is 1.72. The number of aryl methyl sites for hydroxylation is 1. The van der Waals surface area contributed by atoms with E-state index in [-0.39, 0.29) is 5.92 Å². The van der Waals surface area contributed by atoms with Crippen molar-refractivity contribution in [1.29, 1.82) is 5.41 Å². The molecule has 0 saturated heterocycles. The molecular formula is C23H26N2. The Kier molecular flexibility index (Phi) is 6.60. The van der Waals surface area contributed by atoms with Crippen LogP contribution in [0.5, 0.6) is 0 Å². The molecule has 0 aliphatic heterocycles. The van der Waals surface area contributed by atoms with Gasteiger partial charge in [-0.1, -0.05) is 56.5 Å². The van der Waals surface area contributed by atoms with E-state index in [1.54, 1.807) is 0 Å². The van der Waals surface area contributed by atoms with Crippen LogP contribution in [-0.4, -0.2) is 12.8 Å². The Morgan fingerprint density at radius 2 is 1.56 bits per heavy atom. The zero-order valence-electron chi connectivity index (χ0n) is 15.3. The van der Waals surface area contributed by atoms with Crippen molar-refractivity contribution in [1.82, 2.24) is 5.32 Å². The third-order valence-corrected chi connectivity index (χ3v) is 4.37. The van der Waals surface area contributed by atoms with Crippen molar-refractivity contribution in [3.8, 4) is 11.8 Å². The molecule has 1 atom stereocenters. The molecule has 0 saturated carbocycles. The standard InChI is InChI=1S/C23H26N2/c1-5-19-6-8-20(9-7-19)10-11-21-12-14-22(15-13-21)23(24)16-17(2)18(3)25-4/h6-9,12-15,17,24-25H,3,5,16H2,1-2,4H3. The van der Waals surface area contributed by atoms with Crippen molar-refractivity contribution in [3.05, 3.63) is 83.1 Å². The third kappa shape index (κ3) is 5.36. The van der Waals surface area contributed by atoms with Crippen LogP contribution in [0.1, 0.15) is 42.5 Å². The van der Waals surface area contributed by atoms with Crippen molar-refractivity contribution >= 4 is 5.71 Å². The first kappa shape index (κ1) is 18.5. The van der Waals surface area contributed by atoms with Gasteiger partial charge in [-0.3, -0.25) is 0 Å². The summed E-state index contributed by atoms with van der Waals surface area (Å²) in [6.45, 7) is 8.20. The number of benzene rings is 2. The molecule has 2 rings (SSSR count). The van der Waals surface area contributed by atoms with Gasteiger partial charge in [-0.2, -0.15) is 0 Å². The summed E-state index contributed by atoms with van der Waals surface area (Å²) < 4.78 is 0. The SMILES string of the molecule is C=C(NC)C(C)CC(=N)c1ccc(C#Cc2ccc(CC)cc2)cc1. The van der Waals surface area contributed by atoms with Crippen LogP contribution in [0.2, 0.25) is 0 Å². The van der Waals surface area contributed by atoms with Crippen molar-refractivity contribution in [2.75, 3.05) is 7.05 Å². The van der Waals surface area contributed by atoms with Gasteiger partial charge in [0.15, 0.2) is 0 Å². The van der Waals surface area contributed by atoms with Crippen LogP contribution < -0.4 is 5.32 Å². The van der Waals surface area contributed by atoms with Gasteiger partial charge in [-0.15, -0.1) is 0 Å². The smallest absolute Gasteiger partial charge is 0.0392 e. The molecule has 128 valence electrons. The number of nitrogens with one attached hydrogen (secondary N) is 2. The lowest BCUT2D eigenvalue weighted by Crippen LogP contribution is -2.16. The minimum absolute atomic E-state index is 0.239. The molecule has 2 heteroatoms. The molecule has 0 heterocycles. The highest BCUT2D eigenvalue weighted by atomic mass is 14.8. The Morgan fingerprint density at radius 3 is 2.04 bits per heavy atom. The highest BCUT2D eigenvalue weighted by Gasteiger charge is 2.10. The van der Waals surface area contributed by atoms with Crippen LogP contribution in [0.25, 0.3) is 0 Å². The summed E-state index contributed by atoms with van der Waals surface area (Å²) in [5.41, 5.74) is 5.83. The number of allylic oxidation sites excluding steroid dienone is 1. The number of hydrogen-bond acceptors (Lipinski definition) is 2.